The predicted molar refractivity (Wildman–Crippen MR) is 34.1 cm³/mol. The average molecular weight is 138 g/mol. The summed E-state index contributed by atoms with van der Waals surface area (Å²) in [5, 5.41) is 17.7. The lowest BCUT2D eigenvalue weighted by Gasteiger charge is -2.12. The molecule has 0 saturated heterocycles. The zero-order valence-corrected chi connectivity index (χ0v) is 5.10. The third-order valence-electron chi connectivity index (χ3n) is 1.11. The molecule has 0 amide bonds. The van der Waals surface area contributed by atoms with Crippen molar-refractivity contribution in [2.75, 3.05) is 0 Å². The number of aliphatic hydroxyl groups is 2. The lowest BCUT2D eigenvalue weighted by atomic mass is 10.1. The molecular formula is C6H6N2O2. The van der Waals surface area contributed by atoms with Gasteiger partial charge < -0.3 is 15.7 Å². The molecule has 0 fully saturated rings. The zero-order chi connectivity index (χ0) is 7.61. The van der Waals surface area contributed by atoms with Crippen LogP contribution in [-0.4, -0.2) is 26.5 Å². The second kappa shape index (κ2) is 2.19. The van der Waals surface area contributed by atoms with E-state index in [1.807, 2.05) is 0 Å². The van der Waals surface area contributed by atoms with Gasteiger partial charge in [-0.3, -0.25) is 0 Å². The summed E-state index contributed by atoms with van der Waals surface area (Å²) < 4.78 is 0. The number of hydrogen-bond donors (Lipinski definition) is 2. The molecule has 0 unspecified atom stereocenters. The van der Waals surface area contributed by atoms with E-state index < -0.39 is 5.79 Å². The highest BCUT2D eigenvalue weighted by Crippen LogP contribution is 2.08. The first-order valence-electron chi connectivity index (χ1n) is 2.69. The van der Waals surface area contributed by atoms with E-state index in [1.165, 1.54) is 12.2 Å². The Balaban J connectivity index is 2.91. The normalized spacial score (nSPS) is 20.8. The van der Waals surface area contributed by atoms with Gasteiger partial charge in [-0.25, -0.2) is 0 Å². The molecule has 0 saturated carbocycles. The van der Waals surface area contributed by atoms with Crippen molar-refractivity contribution in [3.05, 3.63) is 29.8 Å². The lowest BCUT2D eigenvalue weighted by Crippen LogP contribution is -2.24. The smallest absolute Gasteiger partial charge is 0.315 e. The molecule has 0 radical (unpaired) electrons. The van der Waals surface area contributed by atoms with Crippen molar-refractivity contribution in [1.82, 2.24) is 0 Å². The first-order valence-corrected chi connectivity index (χ1v) is 2.69. The third kappa shape index (κ3) is 1.39. The fraction of sp³-hybridized carbons (Fsp3) is 0.167. The number of hydrogen-bond acceptors (Lipinski definition) is 2. The summed E-state index contributed by atoms with van der Waals surface area (Å²) in [4.78, 5) is 2.83. The van der Waals surface area contributed by atoms with Gasteiger partial charge in [0.15, 0.2) is 0 Å². The fourth-order valence-corrected chi connectivity index (χ4v) is 0.594. The molecule has 0 atom stereocenters. The molecule has 0 heterocycles. The highest BCUT2D eigenvalue weighted by molar-refractivity contribution is 6.00. The molecule has 2 N–H and O–H groups in total. The Labute approximate surface area is 57.3 Å². The highest BCUT2D eigenvalue weighted by atomic mass is 16.5. The SMILES string of the molecule is [N-]=[N+]=C1C=CC(O)(O)C=C1. The maximum Gasteiger partial charge on any atom is 0.315 e. The summed E-state index contributed by atoms with van der Waals surface area (Å²) in [6.45, 7) is 0. The Morgan fingerprint density at radius 3 is 2.20 bits per heavy atom. The quantitative estimate of drug-likeness (QED) is 0.268. The van der Waals surface area contributed by atoms with Gasteiger partial charge in [0.1, 0.15) is 0 Å². The van der Waals surface area contributed by atoms with E-state index in [4.69, 9.17) is 15.7 Å². The van der Waals surface area contributed by atoms with E-state index in [1.54, 1.807) is 0 Å². The molecule has 0 aromatic carbocycles. The van der Waals surface area contributed by atoms with Crippen molar-refractivity contribution in [3.8, 4) is 0 Å². The minimum Gasteiger partial charge on any atom is -0.361 e. The van der Waals surface area contributed by atoms with Gasteiger partial charge in [0.2, 0.25) is 5.79 Å². The minimum absolute atomic E-state index is 0.290. The van der Waals surface area contributed by atoms with E-state index in [0.29, 0.717) is 5.71 Å². The van der Waals surface area contributed by atoms with Crippen molar-refractivity contribution < 1.29 is 15.0 Å². The Morgan fingerprint density at radius 2 is 1.80 bits per heavy atom. The molecule has 52 valence electrons. The molecule has 1 aliphatic rings. The maximum absolute atomic E-state index is 8.83. The molecule has 1 aliphatic carbocycles. The van der Waals surface area contributed by atoms with Crippen LogP contribution in [0.3, 0.4) is 0 Å². The van der Waals surface area contributed by atoms with Gasteiger partial charge in [0, 0.05) is 12.2 Å². The van der Waals surface area contributed by atoms with E-state index in [9.17, 15) is 0 Å². The van der Waals surface area contributed by atoms with Crippen LogP contribution in [0, 0.1) is 0 Å². The third-order valence-corrected chi connectivity index (χ3v) is 1.11. The molecule has 4 heteroatoms. The monoisotopic (exact) mass is 138 g/mol. The molecule has 0 bridgehead atoms. The average Bonchev–Trinajstić information content (AvgIpc) is 1.88. The summed E-state index contributed by atoms with van der Waals surface area (Å²) in [5.74, 6) is -1.89. The fourth-order valence-electron chi connectivity index (χ4n) is 0.594. The van der Waals surface area contributed by atoms with Crippen LogP contribution in [-0.2, 0) is 0 Å². The van der Waals surface area contributed by atoms with Gasteiger partial charge in [0.25, 0.3) is 0 Å². The van der Waals surface area contributed by atoms with Crippen LogP contribution in [0.1, 0.15) is 0 Å². The second-order valence-electron chi connectivity index (χ2n) is 1.97. The number of nitrogens with zero attached hydrogens (tertiary/aromatic N) is 2. The van der Waals surface area contributed by atoms with Crippen molar-refractivity contribution in [2.45, 2.75) is 5.79 Å². The first kappa shape index (κ1) is 6.89. The number of rotatable bonds is 0. The Morgan fingerprint density at radius 1 is 1.30 bits per heavy atom. The van der Waals surface area contributed by atoms with Crippen LogP contribution < -0.4 is 0 Å². The van der Waals surface area contributed by atoms with Gasteiger partial charge in [-0.05, 0) is 12.2 Å². The molecule has 0 aromatic heterocycles. The van der Waals surface area contributed by atoms with Crippen LogP contribution in [0.5, 0.6) is 0 Å². The summed E-state index contributed by atoms with van der Waals surface area (Å²) in [5.41, 5.74) is 8.47. The molecule has 0 spiro atoms. The van der Waals surface area contributed by atoms with Crippen molar-refractivity contribution in [3.63, 3.8) is 0 Å². The van der Waals surface area contributed by atoms with Crippen LogP contribution in [0.4, 0.5) is 0 Å². The molecule has 10 heavy (non-hydrogen) atoms. The standard InChI is InChI=1S/C6H6N2O2/c7-8-5-1-3-6(9,10)4-2-5/h1-4,9-10H. The number of allylic oxidation sites excluding steroid dienone is 2. The van der Waals surface area contributed by atoms with Crippen LogP contribution in [0.2, 0.25) is 0 Å². The Hall–Kier alpha value is -1.22. The van der Waals surface area contributed by atoms with E-state index in [0.717, 1.165) is 12.2 Å². The summed E-state index contributed by atoms with van der Waals surface area (Å²) in [7, 11) is 0. The molecular weight excluding hydrogens is 132 g/mol. The minimum atomic E-state index is -1.89. The molecule has 4 nitrogen and oxygen atoms in total. The van der Waals surface area contributed by atoms with Crippen LogP contribution >= 0.6 is 0 Å². The van der Waals surface area contributed by atoms with Gasteiger partial charge in [-0.15, -0.1) is 0 Å². The predicted octanol–water partition coefficient (Wildman–Crippen LogP) is -0.536. The van der Waals surface area contributed by atoms with Crippen molar-refractivity contribution in [1.29, 1.82) is 0 Å². The van der Waals surface area contributed by atoms with Gasteiger partial charge in [-0.1, -0.05) is 0 Å². The topological polar surface area (TPSA) is 76.9 Å². The molecule has 1 rings (SSSR count). The van der Waals surface area contributed by atoms with E-state index >= 15 is 0 Å². The Kier molecular flexibility index (Phi) is 1.51. The summed E-state index contributed by atoms with van der Waals surface area (Å²) >= 11 is 0. The highest BCUT2D eigenvalue weighted by Gasteiger charge is 2.19. The van der Waals surface area contributed by atoms with Gasteiger partial charge >= 0.3 is 5.71 Å². The summed E-state index contributed by atoms with van der Waals surface area (Å²) in [6, 6.07) is 0. The Bertz CT molecular complexity index is 228. The van der Waals surface area contributed by atoms with Crippen LogP contribution in [0.15, 0.2) is 24.3 Å². The van der Waals surface area contributed by atoms with Crippen molar-refractivity contribution in [2.24, 2.45) is 0 Å². The van der Waals surface area contributed by atoms with Crippen LogP contribution in [0.25, 0.3) is 5.53 Å². The zero-order valence-electron chi connectivity index (χ0n) is 5.10. The lowest BCUT2D eigenvalue weighted by molar-refractivity contribution is -0.0755. The van der Waals surface area contributed by atoms with Gasteiger partial charge in [0.05, 0.1) is 0 Å². The largest absolute Gasteiger partial charge is 0.361 e. The van der Waals surface area contributed by atoms with E-state index in [2.05, 4.69) is 4.79 Å². The van der Waals surface area contributed by atoms with Crippen molar-refractivity contribution >= 4 is 5.71 Å². The summed E-state index contributed by atoms with van der Waals surface area (Å²) in [6.07, 6.45) is 4.84. The van der Waals surface area contributed by atoms with E-state index in [-0.39, 0.29) is 0 Å². The maximum atomic E-state index is 8.83. The first-order chi connectivity index (χ1) is 4.64. The second-order valence-corrected chi connectivity index (χ2v) is 1.97. The molecule has 0 aromatic rings. The van der Waals surface area contributed by atoms with Gasteiger partial charge in [-0.2, -0.15) is 4.79 Å². The molecule has 0 aliphatic heterocycles.